The molecule has 98 valence electrons. The second kappa shape index (κ2) is 5.74. The molecule has 2 rings (SSSR count). The van der Waals surface area contributed by atoms with Gasteiger partial charge >= 0.3 is 0 Å². The predicted octanol–water partition coefficient (Wildman–Crippen LogP) is 0.239. The highest BCUT2D eigenvalue weighted by molar-refractivity contribution is 5.94. The number of morpholine rings is 1. The first-order valence-corrected chi connectivity index (χ1v) is 5.68. The molecule has 0 aromatic carbocycles. The third kappa shape index (κ3) is 2.74. The van der Waals surface area contributed by atoms with E-state index in [1.54, 1.807) is 12.1 Å². The van der Waals surface area contributed by atoms with Gasteiger partial charge in [-0.25, -0.2) is 14.4 Å². The molecule has 6 nitrogen and oxygen atoms in total. The van der Waals surface area contributed by atoms with E-state index in [1.165, 1.54) is 12.3 Å². The number of halogens is 1. The molecular weight excluding hydrogens is 239 g/mol. The van der Waals surface area contributed by atoms with Gasteiger partial charge in [-0.3, -0.25) is 10.2 Å². The van der Waals surface area contributed by atoms with E-state index in [2.05, 4.69) is 15.7 Å². The van der Waals surface area contributed by atoms with Crippen LogP contribution in [0.15, 0.2) is 12.3 Å². The average molecular weight is 254 g/mol. The van der Waals surface area contributed by atoms with Gasteiger partial charge in [-0.1, -0.05) is 0 Å². The number of hydrazine groups is 1. The van der Waals surface area contributed by atoms with E-state index in [-0.39, 0.29) is 11.4 Å². The van der Waals surface area contributed by atoms with E-state index in [1.807, 2.05) is 0 Å². The minimum atomic E-state index is -0.647. The van der Waals surface area contributed by atoms with Crippen LogP contribution >= 0.6 is 0 Å². The molecule has 0 atom stereocenters. The fourth-order valence-electron chi connectivity index (χ4n) is 1.67. The van der Waals surface area contributed by atoms with Crippen LogP contribution in [0.2, 0.25) is 0 Å². The van der Waals surface area contributed by atoms with Gasteiger partial charge in [-0.15, -0.1) is 0 Å². The fraction of sp³-hybridized carbons (Fsp3) is 0.455. The zero-order valence-electron chi connectivity index (χ0n) is 10.1. The van der Waals surface area contributed by atoms with Crippen LogP contribution in [0.5, 0.6) is 0 Å². The first-order valence-electron chi connectivity index (χ1n) is 5.68. The minimum absolute atomic E-state index is 0.0270. The van der Waals surface area contributed by atoms with Crippen LogP contribution in [-0.2, 0) is 4.74 Å². The number of nitrogens with zero attached hydrogens (tertiary/aromatic N) is 2. The normalized spacial score (nSPS) is 16.3. The Morgan fingerprint density at radius 2 is 2.22 bits per heavy atom. The lowest BCUT2D eigenvalue weighted by Crippen LogP contribution is -2.48. The van der Waals surface area contributed by atoms with Gasteiger partial charge in [0.05, 0.1) is 18.8 Å². The second-order valence-corrected chi connectivity index (χ2v) is 3.81. The first kappa shape index (κ1) is 12.7. The largest absolute Gasteiger partial charge is 0.379 e. The third-order valence-corrected chi connectivity index (χ3v) is 2.64. The highest BCUT2D eigenvalue weighted by Crippen LogP contribution is 2.14. The third-order valence-electron chi connectivity index (χ3n) is 2.64. The van der Waals surface area contributed by atoms with E-state index in [0.717, 1.165) is 0 Å². The maximum atomic E-state index is 13.8. The lowest BCUT2D eigenvalue weighted by Gasteiger charge is -2.27. The van der Waals surface area contributed by atoms with E-state index in [4.69, 9.17) is 4.74 Å². The second-order valence-electron chi connectivity index (χ2n) is 3.81. The minimum Gasteiger partial charge on any atom is -0.379 e. The van der Waals surface area contributed by atoms with Crippen molar-refractivity contribution in [2.24, 2.45) is 0 Å². The first-order chi connectivity index (χ1) is 8.72. The molecule has 1 amide bonds. The Balaban J connectivity index is 2.08. The number of carbonyl (C=O) groups is 1. The number of rotatable bonds is 3. The molecule has 0 radical (unpaired) electrons. The standard InChI is InChI=1S/C11H15FN4O2/c1-13-10-9(12)8(2-3-14-10)11(17)15-16-4-6-18-7-5-16/h2-3H,4-7H2,1H3,(H,13,14)(H,15,17). The number of hydrogen-bond donors (Lipinski definition) is 2. The van der Waals surface area contributed by atoms with Crippen molar-refractivity contribution in [2.45, 2.75) is 0 Å². The lowest BCUT2D eigenvalue weighted by atomic mass is 10.2. The molecule has 2 heterocycles. The number of aromatic nitrogens is 1. The summed E-state index contributed by atoms with van der Waals surface area (Å²) < 4.78 is 19.0. The summed E-state index contributed by atoms with van der Waals surface area (Å²) in [6, 6.07) is 1.35. The molecule has 1 saturated heterocycles. The Morgan fingerprint density at radius 3 is 2.89 bits per heavy atom. The molecule has 1 aromatic heterocycles. The quantitative estimate of drug-likeness (QED) is 0.809. The fourth-order valence-corrected chi connectivity index (χ4v) is 1.67. The van der Waals surface area contributed by atoms with Gasteiger partial charge in [0.1, 0.15) is 0 Å². The molecule has 0 aliphatic carbocycles. The van der Waals surface area contributed by atoms with Crippen LogP contribution in [0.25, 0.3) is 0 Å². The molecule has 0 bridgehead atoms. The monoisotopic (exact) mass is 254 g/mol. The van der Waals surface area contributed by atoms with E-state index in [0.29, 0.717) is 26.3 Å². The van der Waals surface area contributed by atoms with Gasteiger partial charge in [-0.2, -0.15) is 0 Å². The Labute approximate surface area is 104 Å². The summed E-state index contributed by atoms with van der Waals surface area (Å²) >= 11 is 0. The zero-order chi connectivity index (χ0) is 13.0. The van der Waals surface area contributed by atoms with Crippen molar-refractivity contribution in [1.29, 1.82) is 0 Å². The summed E-state index contributed by atoms with van der Waals surface area (Å²) in [5, 5.41) is 4.31. The summed E-state index contributed by atoms with van der Waals surface area (Å²) in [4.78, 5) is 15.7. The Kier molecular flexibility index (Phi) is 4.06. The molecule has 0 spiro atoms. The number of carbonyl (C=O) groups excluding carboxylic acids is 1. The van der Waals surface area contributed by atoms with Crippen molar-refractivity contribution < 1.29 is 13.9 Å². The Bertz CT molecular complexity index is 435. The van der Waals surface area contributed by atoms with E-state index < -0.39 is 11.7 Å². The molecular formula is C11H15FN4O2. The number of hydrogen-bond acceptors (Lipinski definition) is 5. The predicted molar refractivity (Wildman–Crippen MR) is 63.6 cm³/mol. The van der Waals surface area contributed by atoms with Gasteiger partial charge in [0.2, 0.25) is 0 Å². The van der Waals surface area contributed by atoms with Gasteiger partial charge in [0, 0.05) is 26.3 Å². The molecule has 18 heavy (non-hydrogen) atoms. The number of pyridine rings is 1. The van der Waals surface area contributed by atoms with Gasteiger partial charge in [0.25, 0.3) is 5.91 Å². The molecule has 0 saturated carbocycles. The van der Waals surface area contributed by atoms with Crippen LogP contribution in [0.1, 0.15) is 10.4 Å². The zero-order valence-corrected chi connectivity index (χ0v) is 10.1. The van der Waals surface area contributed by atoms with Crippen LogP contribution in [0.4, 0.5) is 10.2 Å². The highest BCUT2D eigenvalue weighted by atomic mass is 19.1. The average Bonchev–Trinajstić information content (AvgIpc) is 2.40. The Hall–Kier alpha value is -1.73. The van der Waals surface area contributed by atoms with Crippen LogP contribution in [0.3, 0.4) is 0 Å². The molecule has 1 aromatic rings. The van der Waals surface area contributed by atoms with Gasteiger partial charge < -0.3 is 10.1 Å². The lowest BCUT2D eigenvalue weighted by molar-refractivity contribution is 0.0125. The summed E-state index contributed by atoms with van der Waals surface area (Å²) in [6.07, 6.45) is 1.39. The van der Waals surface area contributed by atoms with Crippen LogP contribution < -0.4 is 10.7 Å². The van der Waals surface area contributed by atoms with Crippen LogP contribution in [0, 0.1) is 5.82 Å². The van der Waals surface area contributed by atoms with Crippen molar-refractivity contribution in [3.63, 3.8) is 0 Å². The maximum Gasteiger partial charge on any atom is 0.268 e. The van der Waals surface area contributed by atoms with Gasteiger partial charge in [-0.05, 0) is 6.07 Å². The van der Waals surface area contributed by atoms with Crippen molar-refractivity contribution in [3.05, 3.63) is 23.6 Å². The summed E-state index contributed by atoms with van der Waals surface area (Å²) in [5.74, 6) is -1.07. The molecule has 7 heteroatoms. The molecule has 2 N–H and O–H groups in total. The molecule has 1 fully saturated rings. The molecule has 0 unspecified atom stereocenters. The Morgan fingerprint density at radius 1 is 1.50 bits per heavy atom. The summed E-state index contributed by atoms with van der Waals surface area (Å²) in [6.45, 7) is 2.30. The SMILES string of the molecule is CNc1nccc(C(=O)NN2CCOCC2)c1F. The van der Waals surface area contributed by atoms with Crippen LogP contribution in [-0.4, -0.2) is 49.3 Å². The summed E-state index contributed by atoms with van der Waals surface area (Å²) in [5.41, 5.74) is 2.62. The van der Waals surface area contributed by atoms with Gasteiger partial charge in [0.15, 0.2) is 11.6 Å². The van der Waals surface area contributed by atoms with E-state index in [9.17, 15) is 9.18 Å². The van der Waals surface area contributed by atoms with E-state index >= 15 is 0 Å². The maximum absolute atomic E-state index is 13.8. The number of nitrogens with one attached hydrogen (secondary N) is 2. The van der Waals surface area contributed by atoms with Crippen molar-refractivity contribution in [2.75, 3.05) is 38.7 Å². The molecule has 1 aliphatic rings. The number of anilines is 1. The van der Waals surface area contributed by atoms with Crippen molar-refractivity contribution in [1.82, 2.24) is 15.4 Å². The summed E-state index contributed by atoms with van der Waals surface area (Å²) in [7, 11) is 1.55. The van der Waals surface area contributed by atoms with Crippen molar-refractivity contribution in [3.8, 4) is 0 Å². The molecule has 1 aliphatic heterocycles. The highest BCUT2D eigenvalue weighted by Gasteiger charge is 2.19. The topological polar surface area (TPSA) is 66.5 Å². The number of ether oxygens (including phenoxy) is 1. The smallest absolute Gasteiger partial charge is 0.268 e. The van der Waals surface area contributed by atoms with Crippen molar-refractivity contribution >= 4 is 11.7 Å². The number of amides is 1.